The summed E-state index contributed by atoms with van der Waals surface area (Å²) in [4.78, 5) is 5.38. The molecule has 78 valence electrons. The van der Waals surface area contributed by atoms with Crippen LogP contribution in [0.4, 0.5) is 0 Å². The lowest BCUT2D eigenvalue weighted by molar-refractivity contribution is 0.821. The normalized spacial score (nSPS) is 12.3. The predicted octanol–water partition coefficient (Wildman–Crippen LogP) is 2.89. The lowest BCUT2D eigenvalue weighted by Crippen LogP contribution is -2.31. The highest BCUT2D eigenvalue weighted by molar-refractivity contribution is 9.13. The van der Waals surface area contributed by atoms with Crippen LogP contribution in [0.5, 0.6) is 0 Å². The molecule has 0 aromatic carbocycles. The fraction of sp³-hybridized carbons (Fsp3) is 0.375. The van der Waals surface area contributed by atoms with Crippen LogP contribution < -0.4 is 11.3 Å². The molecule has 0 aliphatic rings. The summed E-state index contributed by atoms with van der Waals surface area (Å²) < 4.78 is 2.06. The summed E-state index contributed by atoms with van der Waals surface area (Å²) in [6, 6.07) is 2.20. The predicted molar refractivity (Wildman–Crippen MR) is 68.7 cm³/mol. The number of halogens is 2. The van der Waals surface area contributed by atoms with Crippen LogP contribution in [0.25, 0.3) is 0 Å². The number of hydrazine groups is 1. The highest BCUT2D eigenvalue weighted by Gasteiger charge is 2.09. The molecular weight excluding hydrogens is 330 g/mol. The first-order valence-corrected chi connectivity index (χ1v) is 6.44. The molecular formula is C8H11Br2N3S. The van der Waals surface area contributed by atoms with Crippen molar-refractivity contribution in [3.63, 3.8) is 0 Å². The minimum atomic E-state index is 0.223. The molecule has 6 heteroatoms. The van der Waals surface area contributed by atoms with Crippen molar-refractivity contribution in [1.82, 2.24) is 5.43 Å². The Hall–Kier alpha value is 0.0900. The molecule has 0 atom stereocenters. The van der Waals surface area contributed by atoms with E-state index in [4.69, 9.17) is 5.84 Å². The summed E-state index contributed by atoms with van der Waals surface area (Å²) in [5.41, 5.74) is 2.61. The van der Waals surface area contributed by atoms with Gasteiger partial charge in [-0.2, -0.15) is 0 Å². The van der Waals surface area contributed by atoms with E-state index in [9.17, 15) is 0 Å². The van der Waals surface area contributed by atoms with Gasteiger partial charge < -0.3 is 5.43 Å². The molecule has 0 fully saturated rings. The number of thiophene rings is 1. The molecule has 0 unspecified atom stereocenters. The molecule has 0 bridgehead atoms. The lowest BCUT2D eigenvalue weighted by atomic mass is 10.4. The van der Waals surface area contributed by atoms with Crippen LogP contribution in [0, 0.1) is 0 Å². The molecule has 0 aliphatic heterocycles. The average molecular weight is 341 g/mol. The lowest BCUT2D eigenvalue weighted by Gasteiger charge is -2.04. The number of amidine groups is 1. The fourth-order valence-electron chi connectivity index (χ4n) is 0.894. The van der Waals surface area contributed by atoms with Crippen LogP contribution >= 0.6 is 43.2 Å². The molecule has 14 heavy (non-hydrogen) atoms. The zero-order valence-corrected chi connectivity index (χ0v) is 11.8. The second kappa shape index (κ2) is 5.25. The second-order valence-corrected chi connectivity index (χ2v) is 6.17. The van der Waals surface area contributed by atoms with E-state index in [1.54, 1.807) is 11.3 Å². The number of nitrogens with zero attached hydrogens (tertiary/aromatic N) is 1. The van der Waals surface area contributed by atoms with E-state index in [2.05, 4.69) is 42.3 Å². The molecule has 0 spiro atoms. The SMILES string of the molecule is CC(C)N=C(NN)c1cc(Br)c(Br)s1. The zero-order valence-electron chi connectivity index (χ0n) is 7.84. The molecule has 1 aromatic heterocycles. The van der Waals surface area contributed by atoms with Crippen molar-refractivity contribution in [3.05, 3.63) is 19.2 Å². The van der Waals surface area contributed by atoms with Crippen LogP contribution in [0.1, 0.15) is 18.7 Å². The van der Waals surface area contributed by atoms with Crippen molar-refractivity contribution >= 4 is 49.0 Å². The molecule has 0 saturated carbocycles. The third kappa shape index (κ3) is 3.05. The van der Waals surface area contributed by atoms with Crippen molar-refractivity contribution in [2.24, 2.45) is 10.8 Å². The molecule has 0 aliphatic carbocycles. The molecule has 1 heterocycles. The summed E-state index contributed by atoms with van der Waals surface area (Å²) in [5, 5.41) is 0. The molecule has 0 radical (unpaired) electrons. The number of nitrogens with two attached hydrogens (primary N) is 1. The molecule has 3 nitrogen and oxygen atoms in total. The van der Waals surface area contributed by atoms with E-state index in [1.165, 1.54) is 0 Å². The zero-order chi connectivity index (χ0) is 10.7. The standard InChI is InChI=1S/C8H11Br2N3S/c1-4(2)12-8(13-11)6-3-5(9)7(10)14-6/h3-4H,11H2,1-2H3,(H,12,13). The summed E-state index contributed by atoms with van der Waals surface area (Å²) in [6.45, 7) is 4.02. The minimum Gasteiger partial charge on any atom is -0.308 e. The third-order valence-corrected chi connectivity index (χ3v) is 4.67. The van der Waals surface area contributed by atoms with Gasteiger partial charge in [0.2, 0.25) is 0 Å². The summed E-state index contributed by atoms with van der Waals surface area (Å²) in [6.07, 6.45) is 0. The van der Waals surface area contributed by atoms with Gasteiger partial charge in [-0.05, 0) is 51.8 Å². The van der Waals surface area contributed by atoms with Crippen molar-refractivity contribution < 1.29 is 0 Å². The maximum atomic E-state index is 5.41. The molecule has 0 saturated heterocycles. The van der Waals surface area contributed by atoms with Crippen molar-refractivity contribution in [2.75, 3.05) is 0 Å². The number of aliphatic imine (C=N–C) groups is 1. The Kier molecular flexibility index (Phi) is 4.56. The maximum Gasteiger partial charge on any atom is 0.153 e. The molecule has 1 aromatic rings. The summed E-state index contributed by atoms with van der Waals surface area (Å²) in [7, 11) is 0. The van der Waals surface area contributed by atoms with Crippen molar-refractivity contribution in [1.29, 1.82) is 0 Å². The monoisotopic (exact) mass is 339 g/mol. The van der Waals surface area contributed by atoms with Gasteiger partial charge in [0.25, 0.3) is 0 Å². The van der Waals surface area contributed by atoms with Crippen LogP contribution in [-0.2, 0) is 0 Å². The first kappa shape index (κ1) is 12.2. The van der Waals surface area contributed by atoms with Crippen molar-refractivity contribution in [2.45, 2.75) is 19.9 Å². The number of hydrogen-bond acceptors (Lipinski definition) is 3. The van der Waals surface area contributed by atoms with E-state index in [0.717, 1.165) is 19.0 Å². The highest BCUT2D eigenvalue weighted by Crippen LogP contribution is 2.32. The first-order chi connectivity index (χ1) is 6.54. The smallest absolute Gasteiger partial charge is 0.153 e. The number of hydrogen-bond donors (Lipinski definition) is 2. The van der Waals surface area contributed by atoms with Gasteiger partial charge in [0, 0.05) is 10.5 Å². The third-order valence-electron chi connectivity index (χ3n) is 1.40. The maximum absolute atomic E-state index is 5.41. The van der Waals surface area contributed by atoms with E-state index < -0.39 is 0 Å². The molecule has 3 N–H and O–H groups in total. The topological polar surface area (TPSA) is 50.4 Å². The van der Waals surface area contributed by atoms with E-state index in [0.29, 0.717) is 0 Å². The van der Waals surface area contributed by atoms with Gasteiger partial charge in [-0.15, -0.1) is 11.3 Å². The Balaban J connectivity index is 3.01. The van der Waals surface area contributed by atoms with E-state index in [-0.39, 0.29) is 6.04 Å². The van der Waals surface area contributed by atoms with Crippen LogP contribution in [-0.4, -0.2) is 11.9 Å². The van der Waals surface area contributed by atoms with Crippen LogP contribution in [0.3, 0.4) is 0 Å². The van der Waals surface area contributed by atoms with Gasteiger partial charge in [0.1, 0.15) is 0 Å². The minimum absolute atomic E-state index is 0.223. The Labute approximate surface area is 104 Å². The largest absolute Gasteiger partial charge is 0.308 e. The second-order valence-electron chi connectivity index (χ2n) is 2.95. The Morgan fingerprint density at radius 2 is 2.21 bits per heavy atom. The Bertz CT molecular complexity index is 327. The van der Waals surface area contributed by atoms with Crippen LogP contribution in [0.2, 0.25) is 0 Å². The van der Waals surface area contributed by atoms with Gasteiger partial charge in [0.05, 0.1) is 8.66 Å². The number of nitrogens with one attached hydrogen (secondary N) is 1. The van der Waals surface area contributed by atoms with Gasteiger partial charge in [-0.25, -0.2) is 5.84 Å². The van der Waals surface area contributed by atoms with Gasteiger partial charge >= 0.3 is 0 Å². The fourth-order valence-corrected chi connectivity index (χ4v) is 2.89. The van der Waals surface area contributed by atoms with Gasteiger partial charge in [-0.1, -0.05) is 0 Å². The van der Waals surface area contributed by atoms with Gasteiger partial charge in [-0.3, -0.25) is 4.99 Å². The van der Waals surface area contributed by atoms with E-state index in [1.807, 2.05) is 19.9 Å². The molecule has 1 rings (SSSR count). The van der Waals surface area contributed by atoms with Gasteiger partial charge in [0.15, 0.2) is 5.84 Å². The van der Waals surface area contributed by atoms with E-state index >= 15 is 0 Å². The van der Waals surface area contributed by atoms with Crippen molar-refractivity contribution in [3.8, 4) is 0 Å². The summed E-state index contributed by atoms with van der Waals surface area (Å²) in [5.74, 6) is 6.13. The van der Waals surface area contributed by atoms with Crippen LogP contribution in [0.15, 0.2) is 19.3 Å². The summed E-state index contributed by atoms with van der Waals surface area (Å²) >= 11 is 8.43. The Morgan fingerprint density at radius 3 is 2.57 bits per heavy atom. The molecule has 0 amide bonds. The average Bonchev–Trinajstić information content (AvgIpc) is 2.42. The quantitative estimate of drug-likeness (QED) is 0.376. The highest BCUT2D eigenvalue weighted by atomic mass is 79.9. The Morgan fingerprint density at radius 1 is 1.57 bits per heavy atom. The number of rotatable bonds is 2. The first-order valence-electron chi connectivity index (χ1n) is 4.04.